The molecule has 0 saturated carbocycles. The number of thiazole rings is 1. The number of aromatic nitrogens is 1. The van der Waals surface area contributed by atoms with Crippen molar-refractivity contribution in [2.45, 2.75) is 11.4 Å². The molecule has 0 atom stereocenters. The van der Waals surface area contributed by atoms with Crippen LogP contribution >= 0.6 is 11.3 Å². The molecule has 186 valence electrons. The van der Waals surface area contributed by atoms with Crippen LogP contribution in [0.15, 0.2) is 47.4 Å². The van der Waals surface area contributed by atoms with Gasteiger partial charge in [0, 0.05) is 48.3 Å². The van der Waals surface area contributed by atoms with Gasteiger partial charge in [0.1, 0.15) is 0 Å². The number of hydrogen-bond donors (Lipinski definition) is 1. The molecule has 1 saturated heterocycles. The molecule has 1 aliphatic heterocycles. The topological polar surface area (TPSA) is 133 Å². The quantitative estimate of drug-likeness (QED) is 0.333. The van der Waals surface area contributed by atoms with Gasteiger partial charge in [0.05, 0.1) is 42.9 Å². The Labute approximate surface area is 206 Å². The van der Waals surface area contributed by atoms with Gasteiger partial charge in [-0.3, -0.25) is 19.7 Å². The van der Waals surface area contributed by atoms with E-state index in [9.17, 15) is 18.5 Å². The van der Waals surface area contributed by atoms with Gasteiger partial charge < -0.3 is 14.2 Å². The number of benzene rings is 2. The van der Waals surface area contributed by atoms with Crippen LogP contribution < -0.4 is 14.2 Å². The Kier molecular flexibility index (Phi) is 7.50. The van der Waals surface area contributed by atoms with Gasteiger partial charge in [-0.05, 0) is 12.1 Å². The molecular weight excluding hydrogens is 496 g/mol. The number of methoxy groups -OCH3 is 2. The molecule has 1 aliphatic rings. The van der Waals surface area contributed by atoms with Crippen LogP contribution in [0.25, 0.3) is 11.3 Å². The average molecular weight is 521 g/mol. The summed E-state index contributed by atoms with van der Waals surface area (Å²) in [6.07, 6.45) is 0. The zero-order chi connectivity index (χ0) is 25.0. The van der Waals surface area contributed by atoms with E-state index in [2.05, 4.69) is 14.6 Å². The maximum Gasteiger partial charge on any atom is 0.270 e. The molecule has 0 amide bonds. The zero-order valence-electron chi connectivity index (χ0n) is 19.1. The van der Waals surface area contributed by atoms with Crippen LogP contribution in [0.2, 0.25) is 0 Å². The van der Waals surface area contributed by atoms with Crippen molar-refractivity contribution in [2.24, 2.45) is 0 Å². The SMILES string of the molecule is COc1ccc(S(=O)(=O)Nc2nc(-c3cccc([N+](=O)[O-])c3)c(CN3CCOCC3)s2)cc1OC. The van der Waals surface area contributed by atoms with Crippen LogP contribution in [0.4, 0.5) is 10.8 Å². The number of sulfonamides is 1. The van der Waals surface area contributed by atoms with Crippen LogP contribution in [-0.2, 0) is 21.3 Å². The summed E-state index contributed by atoms with van der Waals surface area (Å²) in [5.41, 5.74) is 0.964. The van der Waals surface area contributed by atoms with Crippen molar-refractivity contribution in [1.29, 1.82) is 0 Å². The number of morpholine rings is 1. The van der Waals surface area contributed by atoms with Crippen LogP contribution in [0.1, 0.15) is 4.88 Å². The third-order valence-corrected chi connectivity index (χ3v) is 7.81. The molecule has 35 heavy (non-hydrogen) atoms. The number of nitro groups is 1. The fraction of sp³-hybridized carbons (Fsp3) is 0.318. The Balaban J connectivity index is 1.69. The van der Waals surface area contributed by atoms with E-state index in [4.69, 9.17) is 14.2 Å². The highest BCUT2D eigenvalue weighted by Crippen LogP contribution is 2.36. The van der Waals surface area contributed by atoms with E-state index in [1.54, 1.807) is 12.1 Å². The van der Waals surface area contributed by atoms with E-state index < -0.39 is 14.9 Å². The highest BCUT2D eigenvalue weighted by atomic mass is 32.2. The second-order valence-electron chi connectivity index (χ2n) is 7.61. The normalized spacial score (nSPS) is 14.5. The molecule has 3 aromatic rings. The molecular formula is C22H24N4O7S2. The van der Waals surface area contributed by atoms with E-state index in [1.165, 1.54) is 55.9 Å². The van der Waals surface area contributed by atoms with E-state index in [0.29, 0.717) is 36.8 Å². The van der Waals surface area contributed by atoms with Crippen molar-refractivity contribution < 1.29 is 27.6 Å². The summed E-state index contributed by atoms with van der Waals surface area (Å²) in [6, 6.07) is 10.4. The van der Waals surface area contributed by atoms with Crippen molar-refractivity contribution in [3.63, 3.8) is 0 Å². The second kappa shape index (κ2) is 10.6. The van der Waals surface area contributed by atoms with Gasteiger partial charge in [-0.15, -0.1) is 0 Å². The number of rotatable bonds is 9. The minimum Gasteiger partial charge on any atom is -0.493 e. The lowest BCUT2D eigenvalue weighted by molar-refractivity contribution is -0.384. The van der Waals surface area contributed by atoms with Crippen molar-refractivity contribution in [2.75, 3.05) is 45.2 Å². The van der Waals surface area contributed by atoms with Crippen LogP contribution in [0.3, 0.4) is 0 Å². The summed E-state index contributed by atoms with van der Waals surface area (Å²) in [5.74, 6) is 0.682. The van der Waals surface area contributed by atoms with Gasteiger partial charge in [-0.25, -0.2) is 13.4 Å². The van der Waals surface area contributed by atoms with Crippen molar-refractivity contribution in [3.8, 4) is 22.8 Å². The average Bonchev–Trinajstić information content (AvgIpc) is 3.25. The predicted octanol–water partition coefficient (Wildman–Crippen LogP) is 3.37. The lowest BCUT2D eigenvalue weighted by Crippen LogP contribution is -2.35. The number of nitro benzene ring substituents is 1. The van der Waals surface area contributed by atoms with E-state index in [1.807, 2.05) is 0 Å². The minimum absolute atomic E-state index is 0.0167. The maximum atomic E-state index is 13.1. The molecule has 2 aromatic carbocycles. The third kappa shape index (κ3) is 5.70. The summed E-state index contributed by atoms with van der Waals surface area (Å²) in [7, 11) is -1.10. The summed E-state index contributed by atoms with van der Waals surface area (Å²) in [4.78, 5) is 18.3. The van der Waals surface area contributed by atoms with Crippen LogP contribution in [0.5, 0.6) is 11.5 Å². The molecule has 4 rings (SSSR count). The molecule has 0 radical (unpaired) electrons. The molecule has 2 heterocycles. The Morgan fingerprint density at radius 1 is 1.14 bits per heavy atom. The summed E-state index contributed by atoms with van der Waals surface area (Å²) >= 11 is 1.19. The van der Waals surface area contributed by atoms with Crippen molar-refractivity contribution >= 4 is 32.2 Å². The first-order valence-electron chi connectivity index (χ1n) is 10.6. The third-order valence-electron chi connectivity index (χ3n) is 5.39. The monoisotopic (exact) mass is 520 g/mol. The lowest BCUT2D eigenvalue weighted by atomic mass is 10.1. The predicted molar refractivity (Wildman–Crippen MR) is 131 cm³/mol. The van der Waals surface area contributed by atoms with Crippen molar-refractivity contribution in [3.05, 3.63) is 57.5 Å². The fourth-order valence-electron chi connectivity index (χ4n) is 3.61. The van der Waals surface area contributed by atoms with Gasteiger partial charge in [0.25, 0.3) is 15.7 Å². The van der Waals surface area contributed by atoms with Gasteiger partial charge in [0.2, 0.25) is 0 Å². The van der Waals surface area contributed by atoms with Gasteiger partial charge in [0.15, 0.2) is 16.6 Å². The van der Waals surface area contributed by atoms with Gasteiger partial charge >= 0.3 is 0 Å². The Morgan fingerprint density at radius 2 is 1.89 bits per heavy atom. The molecule has 1 fully saturated rings. The number of hydrogen-bond acceptors (Lipinski definition) is 10. The van der Waals surface area contributed by atoms with Crippen molar-refractivity contribution in [1.82, 2.24) is 9.88 Å². The largest absolute Gasteiger partial charge is 0.493 e. The summed E-state index contributed by atoms with van der Waals surface area (Å²) in [6.45, 7) is 3.16. The standard InChI is InChI=1S/C22H24N4O7S2/c1-31-18-7-6-17(13-19(18)32-2)35(29,30)24-22-23-21(15-4-3-5-16(12-15)26(27)28)20(34-22)14-25-8-10-33-11-9-25/h3-7,12-13H,8-11,14H2,1-2H3,(H,23,24). The Morgan fingerprint density at radius 3 is 2.57 bits per heavy atom. The number of ether oxygens (including phenoxy) is 3. The summed E-state index contributed by atoms with van der Waals surface area (Å²) < 4.78 is 44.5. The molecule has 0 aliphatic carbocycles. The number of anilines is 1. The maximum absolute atomic E-state index is 13.1. The Hall–Kier alpha value is -3.26. The molecule has 0 unspecified atom stereocenters. The van der Waals surface area contributed by atoms with Gasteiger partial charge in [-0.1, -0.05) is 23.5 Å². The van der Waals surface area contributed by atoms with Crippen LogP contribution in [-0.4, -0.2) is 63.7 Å². The van der Waals surface area contributed by atoms with E-state index in [-0.39, 0.29) is 21.5 Å². The lowest BCUT2D eigenvalue weighted by Gasteiger charge is -2.26. The molecule has 11 nitrogen and oxygen atoms in total. The smallest absolute Gasteiger partial charge is 0.270 e. The summed E-state index contributed by atoms with van der Waals surface area (Å²) in [5, 5.41) is 11.4. The molecule has 13 heteroatoms. The number of nitrogens with zero attached hydrogens (tertiary/aromatic N) is 3. The molecule has 0 bridgehead atoms. The number of non-ortho nitro benzene ring substituents is 1. The molecule has 1 N–H and O–H groups in total. The first kappa shape index (κ1) is 24.9. The van der Waals surface area contributed by atoms with Crippen LogP contribution in [0, 0.1) is 10.1 Å². The Bertz CT molecular complexity index is 1320. The molecule has 1 aromatic heterocycles. The second-order valence-corrected chi connectivity index (χ2v) is 10.4. The number of nitrogens with one attached hydrogen (secondary N) is 1. The fourth-order valence-corrected chi connectivity index (χ4v) is 5.89. The first-order valence-corrected chi connectivity index (χ1v) is 12.9. The van der Waals surface area contributed by atoms with E-state index >= 15 is 0 Å². The van der Waals surface area contributed by atoms with E-state index in [0.717, 1.165) is 18.0 Å². The zero-order valence-corrected chi connectivity index (χ0v) is 20.7. The first-order chi connectivity index (χ1) is 16.8. The minimum atomic E-state index is -3.99. The highest BCUT2D eigenvalue weighted by molar-refractivity contribution is 7.93. The van der Waals surface area contributed by atoms with Gasteiger partial charge in [-0.2, -0.15) is 0 Å². The molecule has 0 spiro atoms. The highest BCUT2D eigenvalue weighted by Gasteiger charge is 2.23.